The Morgan fingerprint density at radius 3 is 0.585 bits per heavy atom. The fourth-order valence-corrected chi connectivity index (χ4v) is 4.43. The Morgan fingerprint density at radius 1 is 0.317 bits per heavy atom. The van der Waals surface area contributed by atoms with Gasteiger partial charge in [0.05, 0.1) is 0 Å². The second-order valence-corrected chi connectivity index (χ2v) is 11.8. The van der Waals surface area contributed by atoms with E-state index in [9.17, 15) is 0 Å². The SMILES string of the molecule is CCCCCC(CC)CO.CCCCCC(CC)CO.CCCCCC(CC)CO.CCCCCC(CC)CO.[Ti]. The van der Waals surface area contributed by atoms with Gasteiger partial charge in [-0.3, -0.25) is 0 Å². The van der Waals surface area contributed by atoms with E-state index in [0.717, 1.165) is 25.7 Å². The molecule has 0 amide bonds. The molecule has 0 aromatic carbocycles. The van der Waals surface area contributed by atoms with Crippen LogP contribution in [-0.2, 0) is 21.7 Å². The van der Waals surface area contributed by atoms with Crippen molar-refractivity contribution in [2.45, 2.75) is 184 Å². The van der Waals surface area contributed by atoms with Crippen molar-refractivity contribution >= 4 is 0 Å². The molecular formula is C36H80O4Ti. The van der Waals surface area contributed by atoms with Crippen molar-refractivity contribution in [2.24, 2.45) is 23.7 Å². The summed E-state index contributed by atoms with van der Waals surface area (Å²) in [7, 11) is 0. The van der Waals surface area contributed by atoms with Gasteiger partial charge in [-0.1, -0.05) is 158 Å². The van der Waals surface area contributed by atoms with Gasteiger partial charge in [0, 0.05) is 48.1 Å². The first-order chi connectivity index (χ1) is 19.4. The van der Waals surface area contributed by atoms with Gasteiger partial charge in [-0.2, -0.15) is 0 Å². The van der Waals surface area contributed by atoms with Crippen LogP contribution >= 0.6 is 0 Å². The minimum atomic E-state index is 0. The largest absolute Gasteiger partial charge is 0.396 e. The Kier molecular flexibility index (Phi) is 59.2. The van der Waals surface area contributed by atoms with Gasteiger partial charge in [0.15, 0.2) is 0 Å². The molecule has 0 aromatic rings. The van der Waals surface area contributed by atoms with Crippen LogP contribution in [0.5, 0.6) is 0 Å². The predicted octanol–water partition coefficient (Wildman–Crippen LogP) is 10.3. The monoisotopic (exact) mass is 625 g/mol. The summed E-state index contributed by atoms with van der Waals surface area (Å²) in [5, 5.41) is 35.3. The molecule has 4 N–H and O–H groups in total. The zero-order valence-electron chi connectivity index (χ0n) is 29.6. The zero-order valence-corrected chi connectivity index (χ0v) is 31.1. The molecule has 0 aromatic heterocycles. The van der Waals surface area contributed by atoms with Gasteiger partial charge in [-0.25, -0.2) is 0 Å². The van der Waals surface area contributed by atoms with Crippen molar-refractivity contribution in [1.82, 2.24) is 0 Å². The third-order valence-electron chi connectivity index (χ3n) is 8.21. The first-order valence-corrected chi connectivity index (χ1v) is 17.8. The molecule has 0 aliphatic rings. The number of hydrogen-bond acceptors (Lipinski definition) is 4. The van der Waals surface area contributed by atoms with Gasteiger partial charge >= 0.3 is 0 Å². The first kappa shape index (κ1) is 51.1. The summed E-state index contributed by atoms with van der Waals surface area (Å²) < 4.78 is 0. The normalized spacial score (nSPS) is 13.2. The molecule has 4 atom stereocenters. The first-order valence-electron chi connectivity index (χ1n) is 17.8. The molecule has 0 rings (SSSR count). The van der Waals surface area contributed by atoms with Crippen LogP contribution in [0.2, 0.25) is 0 Å². The number of rotatable bonds is 24. The third-order valence-corrected chi connectivity index (χ3v) is 8.21. The van der Waals surface area contributed by atoms with Crippen LogP contribution in [-0.4, -0.2) is 46.9 Å². The van der Waals surface area contributed by atoms with Crippen LogP contribution in [0.25, 0.3) is 0 Å². The minimum Gasteiger partial charge on any atom is -0.396 e. The molecule has 0 spiro atoms. The second-order valence-electron chi connectivity index (χ2n) is 11.8. The quantitative estimate of drug-likeness (QED) is 0.0636. The molecule has 0 aliphatic heterocycles. The molecule has 0 heterocycles. The van der Waals surface area contributed by atoms with E-state index in [4.69, 9.17) is 20.4 Å². The van der Waals surface area contributed by atoms with Crippen molar-refractivity contribution in [1.29, 1.82) is 0 Å². The summed E-state index contributed by atoms with van der Waals surface area (Å²) in [6.07, 6.45) is 24.9. The van der Waals surface area contributed by atoms with E-state index in [1.165, 1.54) is 103 Å². The molecule has 5 heteroatoms. The van der Waals surface area contributed by atoms with Gasteiger partial charge in [-0.05, 0) is 49.4 Å². The molecule has 0 radical (unpaired) electrons. The van der Waals surface area contributed by atoms with Gasteiger partial charge in [0.2, 0.25) is 0 Å². The molecule has 0 bridgehead atoms. The molecular weight excluding hydrogens is 544 g/mol. The van der Waals surface area contributed by atoms with Crippen LogP contribution in [0.1, 0.15) is 184 Å². The van der Waals surface area contributed by atoms with Crippen LogP contribution in [0.15, 0.2) is 0 Å². The van der Waals surface area contributed by atoms with Crippen LogP contribution in [0.4, 0.5) is 0 Å². The fourth-order valence-electron chi connectivity index (χ4n) is 4.43. The average Bonchev–Trinajstić information content (AvgIpc) is 2.99. The van der Waals surface area contributed by atoms with Gasteiger partial charge in [0.25, 0.3) is 0 Å². The Labute approximate surface area is 275 Å². The van der Waals surface area contributed by atoms with Crippen molar-refractivity contribution in [2.75, 3.05) is 26.4 Å². The number of unbranched alkanes of at least 4 members (excludes halogenated alkanes) is 8. The second kappa shape index (κ2) is 47.5. The van der Waals surface area contributed by atoms with Gasteiger partial charge < -0.3 is 20.4 Å². The van der Waals surface area contributed by atoms with Gasteiger partial charge in [-0.15, -0.1) is 0 Å². The summed E-state index contributed by atoms with van der Waals surface area (Å²) >= 11 is 0. The molecule has 4 unspecified atom stereocenters. The molecule has 0 aliphatic carbocycles. The topological polar surface area (TPSA) is 80.9 Å². The van der Waals surface area contributed by atoms with E-state index in [1.54, 1.807) is 0 Å². The summed E-state index contributed by atoms with van der Waals surface area (Å²) in [4.78, 5) is 0. The van der Waals surface area contributed by atoms with Crippen molar-refractivity contribution < 1.29 is 42.1 Å². The van der Waals surface area contributed by atoms with Crippen molar-refractivity contribution in [3.63, 3.8) is 0 Å². The number of aliphatic hydroxyl groups excluding tert-OH is 4. The molecule has 0 saturated heterocycles. The Morgan fingerprint density at radius 2 is 0.488 bits per heavy atom. The van der Waals surface area contributed by atoms with Crippen LogP contribution < -0.4 is 0 Å². The van der Waals surface area contributed by atoms with Crippen molar-refractivity contribution in [3.05, 3.63) is 0 Å². The third kappa shape index (κ3) is 45.1. The molecule has 0 saturated carbocycles. The van der Waals surface area contributed by atoms with E-state index in [1.807, 2.05) is 0 Å². The summed E-state index contributed by atoms with van der Waals surface area (Å²) in [5.41, 5.74) is 0. The standard InChI is InChI=1S/4C9H20O.Ti/c4*1-3-5-6-7-9(4-2)8-10;/h4*9-10H,3-8H2,1-2H3;. The molecule has 41 heavy (non-hydrogen) atoms. The number of aliphatic hydroxyl groups is 4. The smallest absolute Gasteiger partial charge is 0.0459 e. The molecule has 4 nitrogen and oxygen atoms in total. The van der Waals surface area contributed by atoms with Crippen LogP contribution in [0, 0.1) is 23.7 Å². The van der Waals surface area contributed by atoms with Gasteiger partial charge in [0.1, 0.15) is 0 Å². The molecule has 0 fully saturated rings. The van der Waals surface area contributed by atoms with Crippen LogP contribution in [0.3, 0.4) is 0 Å². The Balaban J connectivity index is -0.000000139. The van der Waals surface area contributed by atoms with E-state index in [-0.39, 0.29) is 21.7 Å². The average molecular weight is 625 g/mol. The summed E-state index contributed by atoms with van der Waals surface area (Å²) in [5.74, 6) is 2.25. The maximum Gasteiger partial charge on any atom is 0.0459 e. The Bertz CT molecular complexity index is 310. The Hall–Kier alpha value is 0.554. The maximum absolute atomic E-state index is 8.83. The maximum atomic E-state index is 8.83. The van der Waals surface area contributed by atoms with E-state index in [2.05, 4.69) is 55.4 Å². The number of hydrogen-bond donors (Lipinski definition) is 4. The summed E-state index contributed by atoms with van der Waals surface area (Å²) in [6, 6.07) is 0. The van der Waals surface area contributed by atoms with E-state index in [0.29, 0.717) is 50.1 Å². The predicted molar refractivity (Wildman–Crippen MR) is 180 cm³/mol. The zero-order chi connectivity index (χ0) is 31.3. The van der Waals surface area contributed by atoms with E-state index >= 15 is 0 Å². The minimum absolute atomic E-state index is 0. The fraction of sp³-hybridized carbons (Fsp3) is 1.00. The van der Waals surface area contributed by atoms with Crippen molar-refractivity contribution in [3.8, 4) is 0 Å². The summed E-state index contributed by atoms with van der Waals surface area (Å²) in [6.45, 7) is 18.9. The van der Waals surface area contributed by atoms with E-state index < -0.39 is 0 Å². The molecule has 252 valence electrons.